The number of hydrazone groups is 1. The summed E-state index contributed by atoms with van der Waals surface area (Å²) in [7, 11) is 1.56. The number of aryl methyl sites for hydroxylation is 2. The molecule has 0 aliphatic rings. The van der Waals surface area contributed by atoms with Crippen molar-refractivity contribution in [3.05, 3.63) is 73.8 Å². The van der Waals surface area contributed by atoms with Crippen LogP contribution in [0, 0.1) is 25.2 Å². The summed E-state index contributed by atoms with van der Waals surface area (Å²) in [6.45, 7) is 3.88. The summed E-state index contributed by atoms with van der Waals surface area (Å²) in [5, 5.41) is 17.2. The number of nitrogens with one attached hydrogen (secondary N) is 2. The minimum Gasteiger partial charge on any atom is -0.380 e. The van der Waals surface area contributed by atoms with Crippen molar-refractivity contribution in [3.8, 4) is 11.8 Å². The zero-order chi connectivity index (χ0) is 21.0. The molecule has 3 rings (SSSR count). The molecule has 9 heteroatoms. The maximum Gasteiger partial charge on any atom is 0.280 e. The summed E-state index contributed by atoms with van der Waals surface area (Å²) in [4.78, 5) is 17.0. The first-order valence-corrected chi connectivity index (χ1v) is 9.08. The van der Waals surface area contributed by atoms with Gasteiger partial charge in [0.1, 0.15) is 11.6 Å². The lowest BCUT2D eigenvalue weighted by atomic mass is 10.1. The van der Waals surface area contributed by atoms with Crippen LogP contribution < -0.4 is 11.0 Å². The molecule has 0 atom stereocenters. The summed E-state index contributed by atoms with van der Waals surface area (Å²) < 4.78 is 6.55. The van der Waals surface area contributed by atoms with Crippen molar-refractivity contribution in [1.82, 2.24) is 14.8 Å². The molecule has 2 heterocycles. The maximum absolute atomic E-state index is 12.7. The Kier molecular flexibility index (Phi) is 6.12. The Balaban J connectivity index is 1.90. The summed E-state index contributed by atoms with van der Waals surface area (Å²) in [5.74, 6) is 0.307. The van der Waals surface area contributed by atoms with Gasteiger partial charge in [-0.1, -0.05) is 11.6 Å². The second-order valence-corrected chi connectivity index (χ2v) is 6.77. The number of benzene rings is 1. The van der Waals surface area contributed by atoms with E-state index >= 15 is 0 Å². The van der Waals surface area contributed by atoms with E-state index in [1.165, 1.54) is 10.9 Å². The van der Waals surface area contributed by atoms with Crippen molar-refractivity contribution in [3.63, 3.8) is 0 Å². The van der Waals surface area contributed by atoms with Crippen LogP contribution in [0.4, 0.5) is 5.82 Å². The monoisotopic (exact) mass is 410 g/mol. The van der Waals surface area contributed by atoms with E-state index < -0.39 is 0 Å². The van der Waals surface area contributed by atoms with E-state index in [0.29, 0.717) is 38.9 Å². The zero-order valence-corrected chi connectivity index (χ0v) is 16.9. The smallest absolute Gasteiger partial charge is 0.280 e. The molecule has 3 aromatic rings. The van der Waals surface area contributed by atoms with E-state index in [9.17, 15) is 10.1 Å². The lowest BCUT2D eigenvalue weighted by Crippen LogP contribution is -2.17. The lowest BCUT2D eigenvalue weighted by molar-refractivity contribution is 0.184. The molecular formula is C20H19ClN6O2. The molecule has 8 nitrogen and oxygen atoms in total. The molecule has 2 aromatic heterocycles. The van der Waals surface area contributed by atoms with Crippen LogP contribution in [0.3, 0.4) is 0 Å². The number of aromatic nitrogens is 3. The first-order valence-electron chi connectivity index (χ1n) is 8.70. The predicted molar refractivity (Wildman–Crippen MR) is 112 cm³/mol. The first-order chi connectivity index (χ1) is 13.9. The van der Waals surface area contributed by atoms with Gasteiger partial charge in [0.15, 0.2) is 5.82 Å². The lowest BCUT2D eigenvalue weighted by Gasteiger charge is -2.09. The number of pyridine rings is 1. The van der Waals surface area contributed by atoms with Crippen molar-refractivity contribution in [1.29, 1.82) is 5.26 Å². The number of ether oxygens (including phenoxy) is 1. The highest BCUT2D eigenvalue weighted by molar-refractivity contribution is 6.30. The Morgan fingerprint density at radius 2 is 2.10 bits per heavy atom. The summed E-state index contributed by atoms with van der Waals surface area (Å²) >= 11 is 5.91. The third-order valence-corrected chi connectivity index (χ3v) is 4.46. The van der Waals surface area contributed by atoms with E-state index in [4.69, 9.17) is 16.3 Å². The van der Waals surface area contributed by atoms with Gasteiger partial charge in [-0.15, -0.1) is 0 Å². The zero-order valence-electron chi connectivity index (χ0n) is 16.2. The van der Waals surface area contributed by atoms with Crippen LogP contribution in [0.5, 0.6) is 0 Å². The molecule has 2 N–H and O–H groups in total. The molecular weight excluding hydrogens is 392 g/mol. The second-order valence-electron chi connectivity index (χ2n) is 6.33. The topological polar surface area (TPSA) is 108 Å². The standard InChI is InChI=1S/C20H19ClN6O2/c1-12-8-14(11-29-3)17(9-22)19(24-12)25-23-10-18-13(2)26-27(20(18)28)16-6-4-15(21)5-7-16/h4-8,10,26H,11H2,1-3H3,(H,24,25)/b23-10+. The third kappa shape index (κ3) is 4.37. The fourth-order valence-corrected chi connectivity index (χ4v) is 2.98. The fraction of sp³-hybridized carbons (Fsp3) is 0.200. The molecule has 0 radical (unpaired) electrons. The fourth-order valence-electron chi connectivity index (χ4n) is 2.86. The highest BCUT2D eigenvalue weighted by Crippen LogP contribution is 2.19. The highest BCUT2D eigenvalue weighted by atomic mass is 35.5. The number of hydrogen-bond donors (Lipinski definition) is 2. The second kappa shape index (κ2) is 8.73. The Hall–Kier alpha value is -3.41. The number of hydrogen-bond acceptors (Lipinski definition) is 6. The van der Waals surface area contributed by atoms with Crippen LogP contribution in [-0.4, -0.2) is 28.1 Å². The molecule has 0 amide bonds. The van der Waals surface area contributed by atoms with Crippen LogP contribution >= 0.6 is 11.6 Å². The van der Waals surface area contributed by atoms with E-state index in [1.807, 2.05) is 6.92 Å². The summed E-state index contributed by atoms with van der Waals surface area (Å²) in [6.07, 6.45) is 1.40. The van der Waals surface area contributed by atoms with E-state index in [2.05, 4.69) is 26.7 Å². The number of rotatable bonds is 6. The van der Waals surface area contributed by atoms with Crippen LogP contribution in [-0.2, 0) is 11.3 Å². The molecule has 0 saturated carbocycles. The number of H-pyrrole nitrogens is 1. The minimum atomic E-state index is -0.256. The molecule has 0 bridgehead atoms. The van der Waals surface area contributed by atoms with Gasteiger partial charge in [0.05, 0.1) is 24.1 Å². The van der Waals surface area contributed by atoms with Gasteiger partial charge in [0.25, 0.3) is 5.56 Å². The van der Waals surface area contributed by atoms with Crippen LogP contribution in [0.1, 0.15) is 28.1 Å². The van der Waals surface area contributed by atoms with Crippen molar-refractivity contribution >= 4 is 23.6 Å². The number of nitrogens with zero attached hydrogens (tertiary/aromatic N) is 4. The number of methoxy groups -OCH3 is 1. The van der Waals surface area contributed by atoms with Gasteiger partial charge in [-0.25, -0.2) is 9.67 Å². The largest absolute Gasteiger partial charge is 0.380 e. The van der Waals surface area contributed by atoms with E-state index in [0.717, 1.165) is 5.69 Å². The molecule has 0 saturated heterocycles. The number of halogens is 1. The van der Waals surface area contributed by atoms with Gasteiger partial charge in [0.2, 0.25) is 0 Å². The minimum absolute atomic E-state index is 0.256. The molecule has 0 aliphatic carbocycles. The Labute approximate surface area is 172 Å². The molecule has 1 aromatic carbocycles. The van der Waals surface area contributed by atoms with E-state index in [-0.39, 0.29) is 12.2 Å². The first kappa shape index (κ1) is 20.3. The molecule has 148 valence electrons. The molecule has 0 spiro atoms. The van der Waals surface area contributed by atoms with Gasteiger partial charge in [-0.2, -0.15) is 10.4 Å². The van der Waals surface area contributed by atoms with Crippen molar-refractivity contribution in [2.45, 2.75) is 20.5 Å². The van der Waals surface area contributed by atoms with Crippen LogP contribution in [0.25, 0.3) is 5.69 Å². The maximum atomic E-state index is 12.7. The summed E-state index contributed by atoms with van der Waals surface area (Å²) in [5.41, 5.74) is 5.97. The van der Waals surface area contributed by atoms with Gasteiger partial charge in [-0.05, 0) is 44.2 Å². The number of anilines is 1. The Morgan fingerprint density at radius 3 is 2.76 bits per heavy atom. The van der Waals surface area contributed by atoms with Crippen molar-refractivity contribution < 1.29 is 4.74 Å². The summed E-state index contributed by atoms with van der Waals surface area (Å²) in [6, 6.07) is 10.8. The van der Waals surface area contributed by atoms with Crippen LogP contribution in [0.2, 0.25) is 5.02 Å². The number of aromatic amines is 1. The van der Waals surface area contributed by atoms with E-state index in [1.54, 1.807) is 44.4 Å². The molecule has 29 heavy (non-hydrogen) atoms. The Bertz CT molecular complexity index is 1160. The third-order valence-electron chi connectivity index (χ3n) is 4.21. The van der Waals surface area contributed by atoms with Gasteiger partial charge in [0, 0.05) is 29.1 Å². The van der Waals surface area contributed by atoms with Crippen molar-refractivity contribution in [2.75, 3.05) is 12.5 Å². The van der Waals surface area contributed by atoms with Gasteiger partial charge >= 0.3 is 0 Å². The SMILES string of the molecule is COCc1cc(C)nc(N/N=C/c2c(C)[nH]n(-c3ccc(Cl)cc3)c2=O)c1C#N. The highest BCUT2D eigenvalue weighted by Gasteiger charge is 2.13. The van der Waals surface area contributed by atoms with Crippen LogP contribution in [0.15, 0.2) is 40.2 Å². The number of nitriles is 1. The van der Waals surface area contributed by atoms with Crippen molar-refractivity contribution in [2.24, 2.45) is 5.10 Å². The average molecular weight is 411 g/mol. The molecule has 0 fully saturated rings. The van der Waals surface area contributed by atoms with Gasteiger partial charge < -0.3 is 4.74 Å². The average Bonchev–Trinajstić information content (AvgIpc) is 2.97. The normalized spacial score (nSPS) is 11.0. The molecule has 0 aliphatic heterocycles. The molecule has 0 unspecified atom stereocenters. The Morgan fingerprint density at radius 1 is 1.38 bits per heavy atom. The van der Waals surface area contributed by atoms with Gasteiger partial charge in [-0.3, -0.25) is 15.3 Å². The predicted octanol–water partition coefficient (Wildman–Crippen LogP) is 3.29. The quantitative estimate of drug-likeness (QED) is 0.478.